The molecule has 72 valence electrons. The molecule has 0 aromatic carbocycles. The SMILES string of the molecule is NCC(O)C(O)c1cccc(Cl)n1. The van der Waals surface area contributed by atoms with E-state index in [1.807, 2.05) is 0 Å². The van der Waals surface area contributed by atoms with Gasteiger partial charge in [0, 0.05) is 6.54 Å². The van der Waals surface area contributed by atoms with E-state index in [0.29, 0.717) is 5.69 Å². The van der Waals surface area contributed by atoms with Gasteiger partial charge in [0.05, 0.1) is 11.8 Å². The van der Waals surface area contributed by atoms with E-state index in [0.717, 1.165) is 0 Å². The van der Waals surface area contributed by atoms with Crippen LogP contribution >= 0.6 is 11.6 Å². The van der Waals surface area contributed by atoms with E-state index in [4.69, 9.17) is 17.3 Å². The summed E-state index contributed by atoms with van der Waals surface area (Å²) in [6, 6.07) is 4.82. The number of nitrogens with two attached hydrogens (primary N) is 1. The molecule has 4 N–H and O–H groups in total. The predicted molar refractivity (Wildman–Crippen MR) is 49.3 cm³/mol. The van der Waals surface area contributed by atoms with Gasteiger partial charge in [-0.1, -0.05) is 17.7 Å². The summed E-state index contributed by atoms with van der Waals surface area (Å²) in [7, 11) is 0. The quantitative estimate of drug-likeness (QED) is 0.607. The number of rotatable bonds is 3. The molecule has 1 rings (SSSR count). The van der Waals surface area contributed by atoms with Crippen molar-refractivity contribution < 1.29 is 10.2 Å². The van der Waals surface area contributed by atoms with E-state index < -0.39 is 12.2 Å². The molecule has 0 saturated carbocycles. The lowest BCUT2D eigenvalue weighted by atomic mass is 10.1. The van der Waals surface area contributed by atoms with Crippen molar-refractivity contribution in [2.75, 3.05) is 6.54 Å². The lowest BCUT2D eigenvalue weighted by Gasteiger charge is -2.15. The second kappa shape index (κ2) is 4.53. The largest absolute Gasteiger partial charge is 0.389 e. The third-order valence-corrected chi connectivity index (χ3v) is 1.86. The zero-order valence-corrected chi connectivity index (χ0v) is 7.65. The van der Waals surface area contributed by atoms with Gasteiger partial charge in [-0.15, -0.1) is 0 Å². The van der Waals surface area contributed by atoms with Crippen molar-refractivity contribution in [3.8, 4) is 0 Å². The highest BCUT2D eigenvalue weighted by Crippen LogP contribution is 2.15. The molecule has 0 amide bonds. The summed E-state index contributed by atoms with van der Waals surface area (Å²) in [4.78, 5) is 3.84. The third-order valence-electron chi connectivity index (χ3n) is 1.65. The molecule has 1 aromatic heterocycles. The van der Waals surface area contributed by atoms with Gasteiger partial charge in [0.15, 0.2) is 0 Å². The van der Waals surface area contributed by atoms with Gasteiger partial charge in [0.25, 0.3) is 0 Å². The number of halogens is 1. The van der Waals surface area contributed by atoms with Crippen LogP contribution in [0.1, 0.15) is 11.8 Å². The van der Waals surface area contributed by atoms with Gasteiger partial charge in [0.2, 0.25) is 0 Å². The average Bonchev–Trinajstić information content (AvgIpc) is 2.15. The molecule has 0 radical (unpaired) electrons. The minimum Gasteiger partial charge on any atom is -0.389 e. The number of aliphatic hydroxyl groups excluding tert-OH is 2. The Bertz CT molecular complexity index is 283. The summed E-state index contributed by atoms with van der Waals surface area (Å²) in [5.41, 5.74) is 5.50. The molecule has 1 aromatic rings. The van der Waals surface area contributed by atoms with Gasteiger partial charge >= 0.3 is 0 Å². The fourth-order valence-electron chi connectivity index (χ4n) is 0.915. The lowest BCUT2D eigenvalue weighted by Crippen LogP contribution is -2.27. The van der Waals surface area contributed by atoms with Crippen molar-refractivity contribution in [2.45, 2.75) is 12.2 Å². The van der Waals surface area contributed by atoms with E-state index in [2.05, 4.69) is 4.98 Å². The highest BCUT2D eigenvalue weighted by Gasteiger charge is 2.17. The zero-order valence-electron chi connectivity index (χ0n) is 6.89. The molecule has 4 nitrogen and oxygen atoms in total. The molecule has 0 saturated heterocycles. The molecule has 1 heterocycles. The van der Waals surface area contributed by atoms with Crippen molar-refractivity contribution in [1.29, 1.82) is 0 Å². The first kappa shape index (κ1) is 10.4. The van der Waals surface area contributed by atoms with Crippen LogP contribution < -0.4 is 5.73 Å². The number of hydrogen-bond donors (Lipinski definition) is 3. The minimum absolute atomic E-state index is 0.0185. The van der Waals surface area contributed by atoms with Crippen molar-refractivity contribution in [2.24, 2.45) is 5.73 Å². The Morgan fingerprint density at radius 1 is 1.46 bits per heavy atom. The van der Waals surface area contributed by atoms with Gasteiger partial charge in [-0.05, 0) is 12.1 Å². The number of aliphatic hydroxyl groups is 2. The molecule has 5 heteroatoms. The summed E-state index contributed by atoms with van der Waals surface area (Å²) in [5, 5.41) is 19.0. The van der Waals surface area contributed by atoms with Crippen molar-refractivity contribution in [3.05, 3.63) is 29.0 Å². The average molecular weight is 203 g/mol. The highest BCUT2D eigenvalue weighted by molar-refractivity contribution is 6.29. The number of pyridine rings is 1. The van der Waals surface area contributed by atoms with Crippen LogP contribution in [0.2, 0.25) is 5.15 Å². The minimum atomic E-state index is -1.08. The first-order chi connectivity index (χ1) is 6.15. The van der Waals surface area contributed by atoms with Crippen molar-refractivity contribution >= 4 is 11.6 Å². The van der Waals surface area contributed by atoms with Gasteiger partial charge < -0.3 is 15.9 Å². The first-order valence-corrected chi connectivity index (χ1v) is 4.21. The second-order valence-electron chi connectivity index (χ2n) is 2.63. The normalized spacial score (nSPS) is 15.4. The number of hydrogen-bond acceptors (Lipinski definition) is 4. The van der Waals surface area contributed by atoms with E-state index in [-0.39, 0.29) is 11.7 Å². The van der Waals surface area contributed by atoms with Gasteiger partial charge in [-0.25, -0.2) is 4.98 Å². The summed E-state index contributed by atoms with van der Waals surface area (Å²) in [5.74, 6) is 0. The number of nitrogens with zero attached hydrogens (tertiary/aromatic N) is 1. The Labute approximate surface area is 81.0 Å². The maximum absolute atomic E-state index is 9.46. The molecule has 0 spiro atoms. The molecule has 13 heavy (non-hydrogen) atoms. The first-order valence-electron chi connectivity index (χ1n) is 3.84. The van der Waals surface area contributed by atoms with Crippen molar-refractivity contribution in [1.82, 2.24) is 4.98 Å². The van der Waals surface area contributed by atoms with E-state index in [1.54, 1.807) is 18.2 Å². The van der Waals surface area contributed by atoms with Crippen LogP contribution in [0.5, 0.6) is 0 Å². The summed E-state index contributed by atoms with van der Waals surface area (Å²) >= 11 is 5.60. The molecule has 2 unspecified atom stereocenters. The molecular formula is C8H11ClN2O2. The summed E-state index contributed by atoms with van der Waals surface area (Å²) in [6.07, 6.45) is -2.09. The molecular weight excluding hydrogens is 192 g/mol. The lowest BCUT2D eigenvalue weighted by molar-refractivity contribution is 0.0217. The highest BCUT2D eigenvalue weighted by atomic mass is 35.5. The van der Waals surface area contributed by atoms with Crippen LogP contribution in [-0.2, 0) is 0 Å². The smallest absolute Gasteiger partial charge is 0.129 e. The second-order valence-corrected chi connectivity index (χ2v) is 3.02. The standard InChI is InChI=1S/C8H11ClN2O2/c9-7-3-1-2-5(11-7)8(13)6(12)4-10/h1-3,6,8,12-13H,4,10H2. The fraction of sp³-hybridized carbons (Fsp3) is 0.375. The Balaban J connectivity index is 2.82. The van der Waals surface area contributed by atoms with Gasteiger partial charge in [-0.2, -0.15) is 0 Å². The molecule has 2 atom stereocenters. The molecule has 0 aliphatic carbocycles. The monoisotopic (exact) mass is 202 g/mol. The zero-order chi connectivity index (χ0) is 9.84. The Hall–Kier alpha value is -0.680. The Kier molecular flexibility index (Phi) is 3.62. The number of aromatic nitrogens is 1. The topological polar surface area (TPSA) is 79.4 Å². The van der Waals surface area contributed by atoms with Crippen LogP contribution in [0.15, 0.2) is 18.2 Å². The Morgan fingerprint density at radius 2 is 2.15 bits per heavy atom. The summed E-state index contributed by atoms with van der Waals surface area (Å²) in [6.45, 7) is -0.0185. The fourth-order valence-corrected chi connectivity index (χ4v) is 1.09. The van der Waals surface area contributed by atoms with Crippen LogP contribution in [0.3, 0.4) is 0 Å². The van der Waals surface area contributed by atoms with Gasteiger partial charge in [-0.3, -0.25) is 0 Å². The maximum atomic E-state index is 9.46. The van der Waals surface area contributed by atoms with Crippen molar-refractivity contribution in [3.63, 3.8) is 0 Å². The van der Waals surface area contributed by atoms with Crippen LogP contribution in [0.25, 0.3) is 0 Å². The summed E-state index contributed by atoms with van der Waals surface area (Å²) < 4.78 is 0. The van der Waals surface area contributed by atoms with E-state index in [1.165, 1.54) is 0 Å². The van der Waals surface area contributed by atoms with E-state index in [9.17, 15) is 10.2 Å². The Morgan fingerprint density at radius 3 is 2.69 bits per heavy atom. The van der Waals surface area contributed by atoms with Crippen LogP contribution in [0.4, 0.5) is 0 Å². The molecule has 0 aliphatic rings. The van der Waals surface area contributed by atoms with Crippen LogP contribution in [-0.4, -0.2) is 27.8 Å². The molecule has 0 bridgehead atoms. The molecule has 0 aliphatic heterocycles. The predicted octanol–water partition coefficient (Wildman–Crippen LogP) is 0.0880. The van der Waals surface area contributed by atoms with E-state index >= 15 is 0 Å². The van der Waals surface area contributed by atoms with Gasteiger partial charge in [0.1, 0.15) is 11.3 Å². The maximum Gasteiger partial charge on any atom is 0.129 e. The van der Waals surface area contributed by atoms with Crippen LogP contribution in [0, 0.1) is 0 Å². The third kappa shape index (κ3) is 2.63. The molecule has 0 fully saturated rings.